The van der Waals surface area contributed by atoms with Crippen LogP contribution >= 0.6 is 23.2 Å². The Kier molecular flexibility index (Phi) is 12.2. The van der Waals surface area contributed by atoms with Crippen molar-refractivity contribution >= 4 is 46.9 Å². The van der Waals surface area contributed by atoms with Crippen molar-refractivity contribution in [3.63, 3.8) is 0 Å². The number of nitrogens with one attached hydrogen (secondary N) is 2. The number of guanidine groups is 1. The minimum absolute atomic E-state index is 0.0487. The molecule has 0 bridgehead atoms. The first-order chi connectivity index (χ1) is 21.3. The second-order valence-corrected chi connectivity index (χ2v) is 13.2. The van der Waals surface area contributed by atoms with Gasteiger partial charge in [0.1, 0.15) is 23.4 Å². The molecule has 250 valence electrons. The highest BCUT2D eigenvalue weighted by molar-refractivity contribution is 6.43. The molecule has 0 radical (unpaired) electrons. The van der Waals surface area contributed by atoms with Crippen molar-refractivity contribution in [1.82, 2.24) is 20.7 Å². The van der Waals surface area contributed by atoms with E-state index in [0.29, 0.717) is 54.1 Å². The molecule has 0 aliphatic carbocycles. The minimum atomic E-state index is -0.966. The van der Waals surface area contributed by atoms with Crippen molar-refractivity contribution in [3.05, 3.63) is 27.7 Å². The highest BCUT2D eigenvalue weighted by Gasteiger charge is 2.39. The molecule has 2 amide bonds. The number of amides is 2. The van der Waals surface area contributed by atoms with Crippen LogP contribution in [-0.2, 0) is 19.1 Å². The molecule has 1 aromatic carbocycles. The fraction of sp³-hybridized carbons (Fsp3) is 0.667. The number of likely N-dealkylation sites (tertiary alicyclic amines) is 1. The van der Waals surface area contributed by atoms with Gasteiger partial charge in [-0.15, -0.1) is 0 Å². The first-order valence-electron chi connectivity index (χ1n) is 15.5. The molecule has 7 N–H and O–H groups in total. The van der Waals surface area contributed by atoms with Gasteiger partial charge in [0.15, 0.2) is 12.1 Å². The molecule has 3 fully saturated rings. The topological polar surface area (TPSA) is 185 Å². The van der Waals surface area contributed by atoms with E-state index in [1.165, 1.54) is 0 Å². The van der Waals surface area contributed by atoms with E-state index in [0.717, 1.165) is 24.8 Å². The third-order valence-corrected chi connectivity index (χ3v) is 9.63. The second kappa shape index (κ2) is 15.6. The number of rotatable bonds is 12. The van der Waals surface area contributed by atoms with Gasteiger partial charge in [-0.25, -0.2) is 20.2 Å². The number of carbonyl (C=O) groups excluding carboxylic acids is 2. The molecule has 3 aliphatic heterocycles. The van der Waals surface area contributed by atoms with Crippen molar-refractivity contribution < 1.29 is 29.0 Å². The summed E-state index contributed by atoms with van der Waals surface area (Å²) in [7, 11) is 2.01. The monoisotopic (exact) mass is 669 g/mol. The van der Waals surface area contributed by atoms with Crippen LogP contribution in [0.1, 0.15) is 64.0 Å². The van der Waals surface area contributed by atoms with Gasteiger partial charge in [-0.3, -0.25) is 9.59 Å². The van der Waals surface area contributed by atoms with E-state index >= 15 is 0 Å². The summed E-state index contributed by atoms with van der Waals surface area (Å²) in [6, 6.07) is 3.15. The summed E-state index contributed by atoms with van der Waals surface area (Å²) in [6.07, 6.45) is 2.90. The van der Waals surface area contributed by atoms with Crippen LogP contribution < -0.4 is 26.9 Å². The number of nitrogens with two attached hydrogens (primary N) is 2. The average molecular weight is 671 g/mol. The zero-order valence-corrected chi connectivity index (χ0v) is 27.5. The Morgan fingerprint density at radius 2 is 1.87 bits per heavy atom. The Morgan fingerprint density at radius 1 is 1.16 bits per heavy atom. The van der Waals surface area contributed by atoms with Crippen molar-refractivity contribution in [3.8, 4) is 5.75 Å². The molecule has 0 saturated carbocycles. The number of aliphatic imine (C=N–C) groups is 1. The lowest BCUT2D eigenvalue weighted by atomic mass is 9.86. The number of ether oxygens (including phenoxy) is 2. The summed E-state index contributed by atoms with van der Waals surface area (Å²) in [5, 5.41) is 14.7. The summed E-state index contributed by atoms with van der Waals surface area (Å²) in [4.78, 5) is 42.5. The molecule has 3 aliphatic rings. The largest absolute Gasteiger partial charge is 0.489 e. The normalized spacial score (nSPS) is 24.9. The number of carbonyl (C=O) groups is 3. The smallest absolute Gasteiger partial charge is 0.332 e. The van der Waals surface area contributed by atoms with Crippen molar-refractivity contribution in [2.24, 2.45) is 28.3 Å². The SMILES string of the molecule is CC(C)C[C@@H](N=C(N)N)C(=O)NCC(=O)N1CCC(C2CC(c3ccc(OCC4CCC(C(=O)O)O4)c(Cl)c3Cl)NN2C)CC1. The van der Waals surface area contributed by atoms with Gasteiger partial charge in [0.2, 0.25) is 11.8 Å². The van der Waals surface area contributed by atoms with E-state index in [2.05, 4.69) is 20.7 Å². The Morgan fingerprint density at radius 3 is 2.49 bits per heavy atom. The van der Waals surface area contributed by atoms with E-state index in [1.807, 2.05) is 27.0 Å². The average Bonchev–Trinajstić information content (AvgIpc) is 3.63. The molecule has 0 spiro atoms. The number of nitrogens with zero attached hydrogens (tertiary/aromatic N) is 3. The zero-order valence-electron chi connectivity index (χ0n) is 26.0. The molecule has 4 rings (SSSR count). The zero-order chi connectivity index (χ0) is 32.8. The van der Waals surface area contributed by atoms with E-state index in [9.17, 15) is 14.4 Å². The maximum Gasteiger partial charge on any atom is 0.332 e. The van der Waals surface area contributed by atoms with Crippen LogP contribution in [-0.4, -0.2) is 96.3 Å². The highest BCUT2D eigenvalue weighted by Crippen LogP contribution is 2.42. The lowest BCUT2D eigenvalue weighted by Crippen LogP contribution is -2.48. The van der Waals surface area contributed by atoms with Gasteiger partial charge in [-0.1, -0.05) is 43.1 Å². The van der Waals surface area contributed by atoms with Crippen LogP contribution in [0.2, 0.25) is 10.0 Å². The maximum absolute atomic E-state index is 12.9. The van der Waals surface area contributed by atoms with Gasteiger partial charge in [0.25, 0.3) is 0 Å². The minimum Gasteiger partial charge on any atom is -0.489 e. The second-order valence-electron chi connectivity index (χ2n) is 12.5. The molecule has 1 aromatic rings. The summed E-state index contributed by atoms with van der Waals surface area (Å²) >= 11 is 13.3. The fourth-order valence-corrected chi connectivity index (χ4v) is 6.90. The molecule has 3 heterocycles. The molecule has 5 atom stereocenters. The van der Waals surface area contributed by atoms with Crippen molar-refractivity contribution in [2.45, 2.75) is 82.7 Å². The number of carboxylic acid groups (broad SMARTS) is 1. The van der Waals surface area contributed by atoms with Crippen molar-refractivity contribution in [1.29, 1.82) is 0 Å². The molecule has 15 heteroatoms. The highest BCUT2D eigenvalue weighted by atomic mass is 35.5. The van der Waals surface area contributed by atoms with Crippen LogP contribution in [0.4, 0.5) is 0 Å². The van der Waals surface area contributed by atoms with Crippen LogP contribution in [0.5, 0.6) is 5.75 Å². The number of hydrogen-bond donors (Lipinski definition) is 5. The van der Waals surface area contributed by atoms with Crippen LogP contribution in [0.25, 0.3) is 0 Å². The summed E-state index contributed by atoms with van der Waals surface area (Å²) in [5.41, 5.74) is 15.4. The maximum atomic E-state index is 12.9. The molecule has 3 saturated heterocycles. The van der Waals surface area contributed by atoms with Gasteiger partial charge in [0, 0.05) is 32.2 Å². The summed E-state index contributed by atoms with van der Waals surface area (Å²) in [6.45, 7) is 5.25. The number of carboxylic acids is 1. The standard InChI is InChI=1S/C30H45Cl2N7O6/c1-16(2)12-21(36-30(33)34)28(41)35-14-25(40)39-10-8-17(9-11-39)22-13-20(37-38(22)3)19-5-7-23(27(32)26(19)31)44-15-18-4-6-24(45-18)29(42)43/h5,7,16-18,20-22,24,37H,4,6,8-15H2,1-3H3,(H,35,41)(H,42,43)(H4,33,34,36)/t18?,20?,21-,22?,24?/m1/s1. The Hall–Kier alpha value is -2.84. The third-order valence-electron chi connectivity index (χ3n) is 8.75. The Labute approximate surface area is 273 Å². The van der Waals surface area contributed by atoms with E-state index in [-0.39, 0.29) is 55.0 Å². The van der Waals surface area contributed by atoms with E-state index in [4.69, 9.17) is 49.2 Å². The number of hydrazine groups is 1. The first-order valence-corrected chi connectivity index (χ1v) is 16.2. The molecule has 4 unspecified atom stereocenters. The molecule has 0 aromatic heterocycles. The summed E-state index contributed by atoms with van der Waals surface area (Å²) < 4.78 is 11.4. The van der Waals surface area contributed by atoms with Gasteiger partial charge in [0.05, 0.1) is 17.7 Å². The predicted molar refractivity (Wildman–Crippen MR) is 171 cm³/mol. The van der Waals surface area contributed by atoms with E-state index in [1.54, 1.807) is 11.0 Å². The fourth-order valence-electron chi connectivity index (χ4n) is 6.39. The van der Waals surface area contributed by atoms with Gasteiger partial charge in [-0.05, 0) is 62.0 Å². The first kappa shape index (κ1) is 35.0. The van der Waals surface area contributed by atoms with Crippen LogP contribution in [0, 0.1) is 11.8 Å². The van der Waals surface area contributed by atoms with Gasteiger partial charge >= 0.3 is 5.97 Å². The van der Waals surface area contributed by atoms with E-state index < -0.39 is 18.1 Å². The Bertz CT molecular complexity index is 1260. The third kappa shape index (κ3) is 9.13. The number of aliphatic carboxylic acids is 1. The van der Waals surface area contributed by atoms with Gasteiger partial charge in [-0.2, -0.15) is 0 Å². The lowest BCUT2D eigenvalue weighted by Gasteiger charge is -2.36. The van der Waals surface area contributed by atoms with Crippen LogP contribution in [0.15, 0.2) is 17.1 Å². The van der Waals surface area contributed by atoms with Crippen molar-refractivity contribution in [2.75, 3.05) is 33.3 Å². The number of piperidine rings is 1. The molecule has 45 heavy (non-hydrogen) atoms. The number of hydrogen-bond acceptors (Lipinski definition) is 8. The predicted octanol–water partition coefficient (Wildman–Crippen LogP) is 2.30. The molecular weight excluding hydrogens is 625 g/mol. The Balaban J connectivity index is 1.26. The number of halogens is 2. The summed E-state index contributed by atoms with van der Waals surface area (Å²) in [5.74, 6) is -0.612. The lowest BCUT2D eigenvalue weighted by molar-refractivity contribution is -0.149. The quantitative estimate of drug-likeness (QED) is 0.163. The number of benzene rings is 1. The van der Waals surface area contributed by atoms with Crippen LogP contribution in [0.3, 0.4) is 0 Å². The van der Waals surface area contributed by atoms with Gasteiger partial charge < -0.3 is 36.3 Å². The molecular formula is C30H45Cl2N7O6. The molecule has 13 nitrogen and oxygen atoms in total.